The van der Waals surface area contributed by atoms with Gasteiger partial charge in [0.1, 0.15) is 10.9 Å². The molecule has 2 rings (SSSR count). The topological polar surface area (TPSA) is 72.0 Å². The molecule has 0 aliphatic carbocycles. The normalized spacial score (nSPS) is 10.6. The summed E-state index contributed by atoms with van der Waals surface area (Å²) in [4.78, 5) is 4.37. The SMILES string of the molecule is COc1ccc2cc(CCSC(=N)N)c(Cl)nc2c1. The number of aryl methyl sites for hydroxylation is 1. The number of amidine groups is 1. The highest BCUT2D eigenvalue weighted by atomic mass is 35.5. The predicted molar refractivity (Wildman–Crippen MR) is 81.4 cm³/mol. The van der Waals surface area contributed by atoms with Gasteiger partial charge in [-0.15, -0.1) is 0 Å². The first-order chi connectivity index (χ1) is 9.10. The average molecular weight is 296 g/mol. The number of hydrogen-bond donors (Lipinski definition) is 2. The Labute approximate surface area is 120 Å². The number of nitrogens with two attached hydrogens (primary N) is 1. The summed E-state index contributed by atoms with van der Waals surface area (Å²) < 4.78 is 5.16. The van der Waals surface area contributed by atoms with E-state index in [2.05, 4.69) is 4.98 Å². The van der Waals surface area contributed by atoms with E-state index in [4.69, 9.17) is 27.5 Å². The molecule has 4 nitrogen and oxygen atoms in total. The minimum Gasteiger partial charge on any atom is -0.497 e. The lowest BCUT2D eigenvalue weighted by Gasteiger charge is -2.07. The van der Waals surface area contributed by atoms with Crippen LogP contribution in [0.2, 0.25) is 5.15 Å². The van der Waals surface area contributed by atoms with E-state index in [0.717, 1.165) is 34.4 Å². The van der Waals surface area contributed by atoms with Crippen molar-refractivity contribution in [3.8, 4) is 5.75 Å². The molecule has 6 heteroatoms. The zero-order valence-electron chi connectivity index (χ0n) is 10.4. The lowest BCUT2D eigenvalue weighted by Crippen LogP contribution is -2.05. The van der Waals surface area contributed by atoms with Gasteiger partial charge in [-0.25, -0.2) is 4.98 Å². The van der Waals surface area contributed by atoms with Crippen LogP contribution in [0.4, 0.5) is 0 Å². The quantitative estimate of drug-likeness (QED) is 0.516. The van der Waals surface area contributed by atoms with Crippen LogP contribution in [-0.2, 0) is 6.42 Å². The van der Waals surface area contributed by atoms with Crippen molar-refractivity contribution in [2.45, 2.75) is 6.42 Å². The van der Waals surface area contributed by atoms with E-state index in [1.54, 1.807) is 7.11 Å². The first-order valence-corrected chi connectivity index (χ1v) is 7.06. The van der Waals surface area contributed by atoms with Gasteiger partial charge >= 0.3 is 0 Å². The largest absolute Gasteiger partial charge is 0.497 e. The van der Waals surface area contributed by atoms with Crippen LogP contribution < -0.4 is 10.5 Å². The van der Waals surface area contributed by atoms with Gasteiger partial charge in [0.15, 0.2) is 5.17 Å². The summed E-state index contributed by atoms with van der Waals surface area (Å²) in [5.41, 5.74) is 7.08. The Morgan fingerprint density at radius 3 is 2.95 bits per heavy atom. The summed E-state index contributed by atoms with van der Waals surface area (Å²) in [6.07, 6.45) is 0.734. The van der Waals surface area contributed by atoms with Crippen molar-refractivity contribution in [3.05, 3.63) is 35.0 Å². The predicted octanol–water partition coefficient (Wildman–Crippen LogP) is 3.07. The zero-order valence-corrected chi connectivity index (χ0v) is 12.0. The number of fused-ring (bicyclic) bond motifs is 1. The number of rotatable bonds is 4. The molecule has 0 saturated carbocycles. The monoisotopic (exact) mass is 295 g/mol. The van der Waals surface area contributed by atoms with Gasteiger partial charge in [-0.1, -0.05) is 23.4 Å². The summed E-state index contributed by atoms with van der Waals surface area (Å²) in [5.74, 6) is 1.48. The molecule has 0 unspecified atom stereocenters. The van der Waals surface area contributed by atoms with E-state index in [1.165, 1.54) is 11.8 Å². The highest BCUT2D eigenvalue weighted by Crippen LogP contribution is 2.25. The second-order valence-electron chi connectivity index (χ2n) is 3.96. The van der Waals surface area contributed by atoms with E-state index in [1.807, 2.05) is 24.3 Å². The second kappa shape index (κ2) is 6.12. The Kier molecular flexibility index (Phi) is 4.50. The molecule has 0 saturated heterocycles. The number of benzene rings is 1. The van der Waals surface area contributed by atoms with Crippen LogP contribution in [0.3, 0.4) is 0 Å². The molecule has 100 valence electrons. The summed E-state index contributed by atoms with van der Waals surface area (Å²) in [6, 6.07) is 7.73. The van der Waals surface area contributed by atoms with E-state index in [-0.39, 0.29) is 5.17 Å². The average Bonchev–Trinajstić information content (AvgIpc) is 2.38. The first-order valence-electron chi connectivity index (χ1n) is 5.70. The fourth-order valence-electron chi connectivity index (χ4n) is 1.74. The lowest BCUT2D eigenvalue weighted by atomic mass is 10.1. The Morgan fingerprint density at radius 1 is 1.47 bits per heavy atom. The van der Waals surface area contributed by atoms with Gasteiger partial charge in [0.2, 0.25) is 0 Å². The Balaban J connectivity index is 2.26. The fraction of sp³-hybridized carbons (Fsp3) is 0.231. The molecule has 0 amide bonds. The fourth-order valence-corrected chi connectivity index (χ4v) is 2.52. The third kappa shape index (κ3) is 3.52. The second-order valence-corrected chi connectivity index (χ2v) is 5.45. The van der Waals surface area contributed by atoms with Gasteiger partial charge in [-0.2, -0.15) is 0 Å². The number of ether oxygens (including phenoxy) is 1. The van der Waals surface area contributed by atoms with Gasteiger partial charge in [-0.3, -0.25) is 5.41 Å². The molecule has 0 radical (unpaired) electrons. The molecule has 0 fully saturated rings. The van der Waals surface area contributed by atoms with Crippen LogP contribution in [-0.4, -0.2) is 23.0 Å². The smallest absolute Gasteiger partial charge is 0.151 e. The third-order valence-electron chi connectivity index (χ3n) is 2.68. The summed E-state index contributed by atoms with van der Waals surface area (Å²) in [5, 5.41) is 8.80. The lowest BCUT2D eigenvalue weighted by molar-refractivity contribution is 0.415. The Morgan fingerprint density at radius 2 is 2.26 bits per heavy atom. The maximum atomic E-state index is 7.17. The van der Waals surface area contributed by atoms with Crippen molar-refractivity contribution in [1.29, 1.82) is 5.41 Å². The number of aromatic nitrogens is 1. The van der Waals surface area contributed by atoms with Crippen molar-refractivity contribution >= 4 is 39.4 Å². The Bertz CT molecular complexity index is 618. The molecule has 0 bridgehead atoms. The molecular formula is C13H14ClN3OS. The highest BCUT2D eigenvalue weighted by Gasteiger charge is 2.06. The molecule has 2 aromatic rings. The highest BCUT2D eigenvalue weighted by molar-refractivity contribution is 8.13. The van der Waals surface area contributed by atoms with Gasteiger partial charge in [0.25, 0.3) is 0 Å². The van der Waals surface area contributed by atoms with Crippen LogP contribution in [0.15, 0.2) is 24.3 Å². The molecule has 3 N–H and O–H groups in total. The zero-order chi connectivity index (χ0) is 13.8. The van der Waals surface area contributed by atoms with Gasteiger partial charge in [-0.05, 0) is 30.2 Å². The van der Waals surface area contributed by atoms with Crippen LogP contribution in [0.25, 0.3) is 10.9 Å². The molecule has 1 aromatic carbocycles. The van der Waals surface area contributed by atoms with Crippen LogP contribution in [0.5, 0.6) is 5.75 Å². The van der Waals surface area contributed by atoms with Crippen LogP contribution in [0, 0.1) is 5.41 Å². The van der Waals surface area contributed by atoms with Crippen molar-refractivity contribution in [2.24, 2.45) is 5.73 Å². The van der Waals surface area contributed by atoms with Crippen LogP contribution in [0.1, 0.15) is 5.56 Å². The van der Waals surface area contributed by atoms with Crippen molar-refractivity contribution in [1.82, 2.24) is 4.98 Å². The minimum atomic E-state index is 0.120. The molecule has 0 atom stereocenters. The van der Waals surface area contributed by atoms with Gasteiger partial charge < -0.3 is 10.5 Å². The van der Waals surface area contributed by atoms with E-state index in [9.17, 15) is 0 Å². The molecule has 1 aromatic heterocycles. The number of nitrogens with zero attached hydrogens (tertiary/aromatic N) is 1. The van der Waals surface area contributed by atoms with Gasteiger partial charge in [0.05, 0.1) is 12.6 Å². The number of nitrogens with one attached hydrogen (secondary N) is 1. The maximum Gasteiger partial charge on any atom is 0.151 e. The first kappa shape index (κ1) is 14.0. The van der Waals surface area contributed by atoms with E-state index < -0.39 is 0 Å². The Hall–Kier alpha value is -1.46. The molecular weight excluding hydrogens is 282 g/mol. The minimum absolute atomic E-state index is 0.120. The van der Waals surface area contributed by atoms with E-state index in [0.29, 0.717) is 5.15 Å². The summed E-state index contributed by atoms with van der Waals surface area (Å²) >= 11 is 7.47. The molecule has 0 aliphatic rings. The number of pyridine rings is 1. The third-order valence-corrected chi connectivity index (χ3v) is 3.73. The van der Waals surface area contributed by atoms with Gasteiger partial charge in [0, 0.05) is 17.2 Å². The number of halogens is 1. The van der Waals surface area contributed by atoms with Crippen molar-refractivity contribution < 1.29 is 4.74 Å². The summed E-state index contributed by atoms with van der Waals surface area (Å²) in [7, 11) is 1.62. The standard InChI is InChI=1S/C13H14ClN3OS/c1-18-10-3-2-8-6-9(4-5-19-13(15)16)12(14)17-11(8)7-10/h2-3,6-7H,4-5H2,1H3,(H3,15,16). The number of hydrogen-bond acceptors (Lipinski definition) is 4. The summed E-state index contributed by atoms with van der Waals surface area (Å²) in [6.45, 7) is 0. The molecule has 1 heterocycles. The van der Waals surface area contributed by atoms with Crippen LogP contribution >= 0.6 is 23.4 Å². The van der Waals surface area contributed by atoms with Crippen molar-refractivity contribution in [2.75, 3.05) is 12.9 Å². The molecule has 0 spiro atoms. The maximum absolute atomic E-state index is 7.17. The molecule has 19 heavy (non-hydrogen) atoms. The van der Waals surface area contributed by atoms with E-state index >= 15 is 0 Å². The number of methoxy groups -OCH3 is 1. The number of thioether (sulfide) groups is 1. The van der Waals surface area contributed by atoms with Crippen molar-refractivity contribution in [3.63, 3.8) is 0 Å². The molecule has 0 aliphatic heterocycles.